The average Bonchev–Trinajstić information content (AvgIpc) is 3.30. The van der Waals surface area contributed by atoms with E-state index in [9.17, 15) is 29.1 Å². The minimum Gasteiger partial charge on any atom is -0.481 e. The molecule has 0 bridgehead atoms. The van der Waals surface area contributed by atoms with Crippen molar-refractivity contribution in [3.05, 3.63) is 0 Å². The van der Waals surface area contributed by atoms with Crippen molar-refractivity contribution in [2.24, 2.45) is 0 Å². The second-order valence-electron chi connectivity index (χ2n) is 19.2. The van der Waals surface area contributed by atoms with Crippen molar-refractivity contribution in [2.75, 3.05) is 13.2 Å². The number of ether oxygens (including phenoxy) is 6. The van der Waals surface area contributed by atoms with E-state index in [-0.39, 0.29) is 45.3 Å². The molecule has 0 aromatic carbocycles. The van der Waals surface area contributed by atoms with Gasteiger partial charge in [0.2, 0.25) is 0 Å². The molecule has 0 saturated carbocycles. The smallest absolute Gasteiger partial charge is 0.306 e. The molecule has 1 N–H and O–H groups in total. The Hall–Kier alpha value is -2.73. The fourth-order valence-electron chi connectivity index (χ4n) is 8.62. The van der Waals surface area contributed by atoms with Crippen LogP contribution < -0.4 is 0 Å². The number of carboxylic acids is 1. The highest BCUT2D eigenvalue weighted by Crippen LogP contribution is 2.32. The topological polar surface area (TPSA) is 161 Å². The molecule has 0 spiro atoms. The first-order valence-corrected chi connectivity index (χ1v) is 27.9. The van der Waals surface area contributed by atoms with E-state index < -0.39 is 60.6 Å². The highest BCUT2D eigenvalue weighted by molar-refractivity contribution is 5.72. The fraction of sp³-hybridized carbons (Fsp3) is 0.909. The summed E-state index contributed by atoms with van der Waals surface area (Å²) in [4.78, 5) is 65.6. The van der Waals surface area contributed by atoms with Gasteiger partial charge in [-0.3, -0.25) is 24.0 Å². The Labute approximate surface area is 408 Å². The van der Waals surface area contributed by atoms with Gasteiger partial charge >= 0.3 is 29.8 Å². The summed E-state index contributed by atoms with van der Waals surface area (Å²) in [7, 11) is 0. The highest BCUT2D eigenvalue weighted by Gasteiger charge is 2.53. The number of esters is 4. The zero-order chi connectivity index (χ0) is 49.0. The third-order valence-corrected chi connectivity index (χ3v) is 12.8. The van der Waals surface area contributed by atoms with Gasteiger partial charge in [0.1, 0.15) is 12.7 Å². The number of rotatable bonds is 47. The van der Waals surface area contributed by atoms with Crippen LogP contribution in [-0.2, 0) is 52.4 Å². The lowest BCUT2D eigenvalue weighted by molar-refractivity contribution is -0.309. The van der Waals surface area contributed by atoms with Gasteiger partial charge in [-0.25, -0.2) is 0 Å². The van der Waals surface area contributed by atoms with Crippen LogP contribution in [0, 0.1) is 0 Å². The number of carbonyl (C=O) groups excluding carboxylic acids is 4. The largest absolute Gasteiger partial charge is 0.481 e. The van der Waals surface area contributed by atoms with Gasteiger partial charge in [0, 0.05) is 38.7 Å². The monoisotopic (exact) mass is 953 g/mol. The number of unbranched alkanes of at least 4 members (excludes halogenated alkanes) is 29. The van der Waals surface area contributed by atoms with Crippen LogP contribution in [0.3, 0.4) is 0 Å². The van der Waals surface area contributed by atoms with Gasteiger partial charge in [-0.15, -0.1) is 0 Å². The average molecular weight is 953 g/mol. The molecule has 0 aromatic rings. The third kappa shape index (κ3) is 35.1. The van der Waals surface area contributed by atoms with Crippen LogP contribution in [0.4, 0.5) is 0 Å². The Morgan fingerprint density at radius 1 is 0.373 bits per heavy atom. The van der Waals surface area contributed by atoms with Crippen LogP contribution in [0.25, 0.3) is 0 Å². The van der Waals surface area contributed by atoms with E-state index in [1.54, 1.807) is 0 Å². The van der Waals surface area contributed by atoms with Gasteiger partial charge in [-0.05, 0) is 38.5 Å². The minimum absolute atomic E-state index is 0.0425. The first-order valence-electron chi connectivity index (χ1n) is 27.9. The van der Waals surface area contributed by atoms with Gasteiger partial charge in [-0.2, -0.15) is 0 Å². The number of carboxylic acid groups (broad SMARTS) is 1. The normalized spacial score (nSPS) is 18.1. The number of hydrogen-bond acceptors (Lipinski definition) is 11. The minimum atomic E-state index is -1.30. The molecule has 0 amide bonds. The Morgan fingerprint density at radius 2 is 0.687 bits per heavy atom. The van der Waals surface area contributed by atoms with Crippen LogP contribution in [0.15, 0.2) is 0 Å². The molecule has 12 nitrogen and oxygen atoms in total. The summed E-state index contributed by atoms with van der Waals surface area (Å²) in [6.45, 7) is 8.55. The second-order valence-corrected chi connectivity index (χ2v) is 19.2. The number of carbonyl (C=O) groups is 5. The summed E-state index contributed by atoms with van der Waals surface area (Å²) < 4.78 is 37.1. The van der Waals surface area contributed by atoms with Gasteiger partial charge in [0.05, 0.1) is 0 Å². The van der Waals surface area contributed by atoms with Gasteiger partial charge in [0.25, 0.3) is 0 Å². The summed E-state index contributed by atoms with van der Waals surface area (Å²) in [6.07, 6.45) is 28.9. The Balaban J connectivity index is 3.36. The molecule has 1 saturated heterocycles. The van der Waals surface area contributed by atoms with Crippen molar-refractivity contribution >= 4 is 29.8 Å². The van der Waals surface area contributed by atoms with Crippen LogP contribution in [0.5, 0.6) is 0 Å². The van der Waals surface area contributed by atoms with E-state index in [4.69, 9.17) is 28.4 Å². The standard InChI is InChI=1S/C55H100O12/c1-5-9-13-17-21-25-29-33-40-48(58)63-45-46-52(65-49(59)41-34-30-26-22-18-14-10-6-2)53(66-50(60)42-35-31-27-23-19-15-11-7-3)54(55(64-46)62-44-38-37-39-47(56)57)67-51(61)43-36-32-28-24-20-16-12-8-4/h46,52-55H,5-45H2,1-4H3,(H,56,57)/t46-,52-,53+,54-,55-/m1/s1. The van der Waals surface area contributed by atoms with Crippen LogP contribution >= 0.6 is 0 Å². The molecule has 5 atom stereocenters. The van der Waals surface area contributed by atoms with Crippen molar-refractivity contribution < 1.29 is 57.5 Å². The number of aliphatic carboxylic acids is 1. The Morgan fingerprint density at radius 3 is 1.06 bits per heavy atom. The predicted molar refractivity (Wildman–Crippen MR) is 266 cm³/mol. The molecule has 1 heterocycles. The van der Waals surface area contributed by atoms with Gasteiger partial charge < -0.3 is 33.5 Å². The van der Waals surface area contributed by atoms with Gasteiger partial charge in [-0.1, -0.05) is 207 Å². The van der Waals surface area contributed by atoms with E-state index in [0.29, 0.717) is 38.5 Å². The van der Waals surface area contributed by atoms with Crippen molar-refractivity contribution in [3.8, 4) is 0 Å². The summed E-state index contributed by atoms with van der Waals surface area (Å²) in [5.74, 6) is -2.86. The molecular formula is C55H100O12. The first-order chi connectivity index (χ1) is 32.7. The van der Waals surface area contributed by atoms with E-state index in [0.717, 1.165) is 77.0 Å². The molecule has 0 aliphatic carbocycles. The van der Waals surface area contributed by atoms with Crippen molar-refractivity contribution in [1.29, 1.82) is 0 Å². The van der Waals surface area contributed by atoms with E-state index in [1.165, 1.54) is 103 Å². The lowest BCUT2D eigenvalue weighted by Gasteiger charge is -2.44. The maximum atomic E-state index is 13.8. The second kappa shape index (κ2) is 44.5. The molecular weight excluding hydrogens is 853 g/mol. The molecule has 12 heteroatoms. The van der Waals surface area contributed by atoms with Crippen molar-refractivity contribution in [2.45, 2.75) is 309 Å². The number of hydrogen-bond donors (Lipinski definition) is 1. The Bertz CT molecular complexity index is 1230. The van der Waals surface area contributed by atoms with Crippen LogP contribution in [-0.4, -0.2) is 78.9 Å². The molecule has 1 rings (SSSR count). The zero-order valence-corrected chi connectivity index (χ0v) is 43.3. The van der Waals surface area contributed by atoms with E-state index >= 15 is 0 Å². The summed E-state index contributed by atoms with van der Waals surface area (Å²) in [6, 6.07) is 0. The fourth-order valence-corrected chi connectivity index (χ4v) is 8.62. The summed E-state index contributed by atoms with van der Waals surface area (Å²) in [5.41, 5.74) is 0. The summed E-state index contributed by atoms with van der Waals surface area (Å²) in [5, 5.41) is 9.24. The summed E-state index contributed by atoms with van der Waals surface area (Å²) >= 11 is 0. The maximum absolute atomic E-state index is 13.8. The quantitative estimate of drug-likeness (QED) is 0.0350. The lowest BCUT2D eigenvalue weighted by atomic mass is 9.97. The molecule has 0 unspecified atom stereocenters. The molecule has 0 aromatic heterocycles. The Kier molecular flexibility index (Phi) is 41.3. The molecule has 1 aliphatic rings. The molecule has 1 fully saturated rings. The van der Waals surface area contributed by atoms with Crippen molar-refractivity contribution in [1.82, 2.24) is 0 Å². The van der Waals surface area contributed by atoms with Crippen molar-refractivity contribution in [3.63, 3.8) is 0 Å². The maximum Gasteiger partial charge on any atom is 0.306 e. The highest BCUT2D eigenvalue weighted by atomic mass is 16.7. The first kappa shape index (κ1) is 62.3. The third-order valence-electron chi connectivity index (χ3n) is 12.8. The predicted octanol–water partition coefficient (Wildman–Crippen LogP) is 14.4. The zero-order valence-electron chi connectivity index (χ0n) is 43.3. The molecule has 1 aliphatic heterocycles. The SMILES string of the molecule is CCCCCCCCCCC(=O)OC[C@H]1O[C@@H](OCCCCC(=O)O)[C@H](OC(=O)CCCCCCCCCC)[C@@H](OC(=O)CCCCCCCCCC)[C@@H]1OC(=O)CCCCCCCCCC. The molecule has 0 radical (unpaired) electrons. The van der Waals surface area contributed by atoms with Gasteiger partial charge in [0.15, 0.2) is 24.6 Å². The van der Waals surface area contributed by atoms with E-state index in [1.807, 2.05) is 0 Å². The molecule has 392 valence electrons. The molecule has 67 heavy (non-hydrogen) atoms. The van der Waals surface area contributed by atoms with Crippen LogP contribution in [0.1, 0.15) is 278 Å². The lowest BCUT2D eigenvalue weighted by Crippen LogP contribution is -2.63. The van der Waals surface area contributed by atoms with E-state index in [2.05, 4.69) is 27.7 Å². The van der Waals surface area contributed by atoms with Crippen LogP contribution in [0.2, 0.25) is 0 Å².